The van der Waals surface area contributed by atoms with E-state index in [1.807, 2.05) is 0 Å². The fraction of sp³-hybridized carbons (Fsp3) is 0.800. The van der Waals surface area contributed by atoms with Crippen molar-refractivity contribution in [1.29, 1.82) is 0 Å². The van der Waals surface area contributed by atoms with Gasteiger partial charge in [-0.3, -0.25) is 4.79 Å². The number of unbranched alkanes of at least 4 members (excludes halogenated alkanes) is 1. The molecule has 0 aromatic carbocycles. The Bertz CT molecular complexity index is 80.0. The van der Waals surface area contributed by atoms with E-state index in [1.165, 1.54) is 0 Å². The second-order valence-electron chi connectivity index (χ2n) is 1.71. The van der Waals surface area contributed by atoms with Crippen LogP contribution < -0.4 is 11.5 Å². The molecule has 0 aromatic heterocycles. The molecule has 0 rings (SSSR count). The Balaban J connectivity index is -0.000000245. The van der Waals surface area contributed by atoms with E-state index in [4.69, 9.17) is 11.5 Å². The molecule has 8 heavy (non-hydrogen) atoms. The third-order valence-electron chi connectivity index (χ3n) is 0.877. The molecule has 0 atom stereocenters. The third-order valence-corrected chi connectivity index (χ3v) is 0.877. The van der Waals surface area contributed by atoms with Crippen LogP contribution >= 0.6 is 0 Å². The van der Waals surface area contributed by atoms with Crippen molar-refractivity contribution in [1.82, 2.24) is 0 Å². The van der Waals surface area contributed by atoms with E-state index in [0.29, 0.717) is 13.0 Å². The molecule has 1 amide bonds. The summed E-state index contributed by atoms with van der Waals surface area (Å²) >= 11 is 0. The first-order valence-electron chi connectivity index (χ1n) is 2.75. The molecule has 0 heterocycles. The van der Waals surface area contributed by atoms with Crippen molar-refractivity contribution in [2.45, 2.75) is 19.3 Å². The van der Waals surface area contributed by atoms with Gasteiger partial charge < -0.3 is 11.5 Å². The maximum atomic E-state index is 10.1. The second-order valence-corrected chi connectivity index (χ2v) is 1.71. The van der Waals surface area contributed by atoms with Crippen LogP contribution in [0.25, 0.3) is 0 Å². The van der Waals surface area contributed by atoms with E-state index in [-0.39, 0.29) is 8.76 Å². The SMILES string of the molecule is NCCCCC(N)=O.[HH].[HH]. The molecule has 0 radical (unpaired) electrons. The van der Waals surface area contributed by atoms with Crippen molar-refractivity contribution in [2.24, 2.45) is 11.5 Å². The summed E-state index contributed by atoms with van der Waals surface area (Å²) in [7, 11) is 0. The van der Waals surface area contributed by atoms with Crippen molar-refractivity contribution >= 4 is 5.91 Å². The van der Waals surface area contributed by atoms with E-state index in [0.717, 1.165) is 12.8 Å². The van der Waals surface area contributed by atoms with E-state index in [2.05, 4.69) is 0 Å². The minimum Gasteiger partial charge on any atom is -0.370 e. The van der Waals surface area contributed by atoms with Crippen molar-refractivity contribution in [2.75, 3.05) is 6.54 Å². The molecule has 0 aliphatic carbocycles. The zero-order valence-corrected chi connectivity index (χ0v) is 4.89. The maximum Gasteiger partial charge on any atom is 0.217 e. The molecular weight excluding hydrogens is 104 g/mol. The van der Waals surface area contributed by atoms with Crippen LogP contribution in [0, 0.1) is 0 Å². The average molecular weight is 120 g/mol. The highest BCUT2D eigenvalue weighted by Crippen LogP contribution is 1.89. The summed E-state index contributed by atoms with van der Waals surface area (Å²) in [5, 5.41) is 0. The van der Waals surface area contributed by atoms with Gasteiger partial charge in [0.15, 0.2) is 0 Å². The molecule has 0 aromatic rings. The minimum atomic E-state index is -0.238. The largest absolute Gasteiger partial charge is 0.370 e. The number of rotatable bonds is 4. The molecule has 0 fully saturated rings. The van der Waals surface area contributed by atoms with Crippen LogP contribution in [0.2, 0.25) is 0 Å². The summed E-state index contributed by atoms with van der Waals surface area (Å²) in [6.07, 6.45) is 2.19. The van der Waals surface area contributed by atoms with Crippen molar-refractivity contribution < 1.29 is 7.65 Å². The van der Waals surface area contributed by atoms with Gasteiger partial charge in [-0.25, -0.2) is 0 Å². The summed E-state index contributed by atoms with van der Waals surface area (Å²) < 4.78 is 0. The number of carbonyl (C=O) groups excluding carboxylic acids is 1. The molecule has 0 aliphatic heterocycles. The van der Waals surface area contributed by atoms with Crippen LogP contribution in [-0.4, -0.2) is 12.5 Å². The Morgan fingerprint density at radius 2 is 2.12 bits per heavy atom. The maximum absolute atomic E-state index is 10.1. The van der Waals surface area contributed by atoms with E-state index in [1.54, 1.807) is 0 Å². The number of hydrogen-bond acceptors (Lipinski definition) is 2. The number of nitrogens with two attached hydrogens (primary N) is 2. The molecule has 0 unspecified atom stereocenters. The third kappa shape index (κ3) is 5.43. The molecule has 0 spiro atoms. The van der Waals surface area contributed by atoms with Gasteiger partial charge in [-0.2, -0.15) is 0 Å². The molecule has 0 bridgehead atoms. The Morgan fingerprint density at radius 1 is 1.50 bits per heavy atom. The lowest BCUT2D eigenvalue weighted by Gasteiger charge is -1.90. The first-order chi connectivity index (χ1) is 3.77. The fourth-order valence-electron chi connectivity index (χ4n) is 0.444. The van der Waals surface area contributed by atoms with Gasteiger partial charge in [-0.1, -0.05) is 0 Å². The lowest BCUT2D eigenvalue weighted by molar-refractivity contribution is -0.118. The van der Waals surface area contributed by atoms with Crippen molar-refractivity contribution in [3.05, 3.63) is 0 Å². The van der Waals surface area contributed by atoms with E-state index >= 15 is 0 Å². The van der Waals surface area contributed by atoms with Crippen molar-refractivity contribution in [3.8, 4) is 0 Å². The van der Waals surface area contributed by atoms with E-state index in [9.17, 15) is 4.79 Å². The topological polar surface area (TPSA) is 69.1 Å². The lowest BCUT2D eigenvalue weighted by atomic mass is 10.2. The highest BCUT2D eigenvalue weighted by atomic mass is 16.1. The molecule has 3 nitrogen and oxygen atoms in total. The smallest absolute Gasteiger partial charge is 0.217 e. The lowest BCUT2D eigenvalue weighted by Crippen LogP contribution is -2.10. The number of hydrogen-bond donors (Lipinski definition) is 2. The Hall–Kier alpha value is -0.570. The van der Waals surface area contributed by atoms with Crippen LogP contribution in [-0.2, 0) is 4.79 Å². The number of carbonyl (C=O) groups is 1. The van der Waals surface area contributed by atoms with Gasteiger partial charge >= 0.3 is 0 Å². The first-order valence-corrected chi connectivity index (χ1v) is 2.75. The molecule has 3 heteroatoms. The predicted octanol–water partition coefficient (Wildman–Crippen LogP) is 0.0927. The molecule has 0 saturated heterocycles. The van der Waals surface area contributed by atoms with Crippen LogP contribution in [0.4, 0.5) is 0 Å². The molecule has 0 saturated carbocycles. The monoisotopic (exact) mass is 120 g/mol. The minimum absolute atomic E-state index is 0. The van der Waals surface area contributed by atoms with Crippen LogP contribution in [0.15, 0.2) is 0 Å². The summed E-state index contributed by atoms with van der Waals surface area (Å²) in [6.45, 7) is 0.646. The average Bonchev–Trinajstić information content (AvgIpc) is 1.66. The molecular formula is C5H16N2O. The van der Waals surface area contributed by atoms with Crippen molar-refractivity contribution in [3.63, 3.8) is 0 Å². The van der Waals surface area contributed by atoms with Crippen LogP contribution in [0.5, 0.6) is 0 Å². The summed E-state index contributed by atoms with van der Waals surface area (Å²) in [4.78, 5) is 10.1. The first kappa shape index (κ1) is 7.43. The highest BCUT2D eigenvalue weighted by Gasteiger charge is 1.90. The van der Waals surface area contributed by atoms with Gasteiger partial charge in [0, 0.05) is 9.27 Å². The molecule has 0 aliphatic rings. The highest BCUT2D eigenvalue weighted by molar-refractivity contribution is 5.73. The number of amides is 1. The van der Waals surface area contributed by atoms with Crippen LogP contribution in [0.1, 0.15) is 22.1 Å². The molecule has 4 N–H and O–H groups in total. The fourth-order valence-corrected chi connectivity index (χ4v) is 0.444. The predicted molar refractivity (Wildman–Crippen MR) is 36.3 cm³/mol. The van der Waals surface area contributed by atoms with Gasteiger partial charge in [0.25, 0.3) is 0 Å². The van der Waals surface area contributed by atoms with Gasteiger partial charge in [-0.15, -0.1) is 0 Å². The van der Waals surface area contributed by atoms with Gasteiger partial charge in [-0.05, 0) is 19.4 Å². The Morgan fingerprint density at radius 3 is 2.50 bits per heavy atom. The Labute approximate surface area is 52.0 Å². The normalized spacial score (nSPS) is 9.12. The van der Waals surface area contributed by atoms with E-state index < -0.39 is 0 Å². The quantitative estimate of drug-likeness (QED) is 0.516. The van der Waals surface area contributed by atoms with Gasteiger partial charge in [0.05, 0.1) is 0 Å². The number of primary amides is 1. The molecule has 52 valence electrons. The zero-order chi connectivity index (χ0) is 6.41. The van der Waals surface area contributed by atoms with Gasteiger partial charge in [0.2, 0.25) is 5.91 Å². The summed E-state index contributed by atoms with van der Waals surface area (Å²) in [5.41, 5.74) is 10.0. The Kier molecular flexibility index (Phi) is 4.26. The summed E-state index contributed by atoms with van der Waals surface area (Å²) in [6, 6.07) is 0. The van der Waals surface area contributed by atoms with Crippen LogP contribution in [0.3, 0.4) is 0 Å². The standard InChI is InChI=1S/C5H12N2O.2H2/c6-4-2-1-3-5(7)8;;/h1-4,6H2,(H2,7,8);2*1H. The second kappa shape index (κ2) is 4.59. The van der Waals surface area contributed by atoms with Gasteiger partial charge in [0.1, 0.15) is 0 Å². The zero-order valence-electron chi connectivity index (χ0n) is 4.89. The summed E-state index contributed by atoms with van der Waals surface area (Å²) in [5.74, 6) is -0.238.